The predicted octanol–water partition coefficient (Wildman–Crippen LogP) is 1.31. The minimum absolute atomic E-state index is 0.00665. The average molecular weight is 343 g/mol. The lowest BCUT2D eigenvalue weighted by Gasteiger charge is -2.19. The van der Waals surface area contributed by atoms with Crippen LogP contribution in [-0.4, -0.2) is 36.1 Å². The van der Waals surface area contributed by atoms with Crippen LogP contribution in [0, 0.1) is 5.92 Å². The highest BCUT2D eigenvalue weighted by atomic mass is 79.9. The summed E-state index contributed by atoms with van der Waals surface area (Å²) in [6, 6.07) is 6.73. The van der Waals surface area contributed by atoms with Gasteiger partial charge in [-0.1, -0.05) is 22.9 Å². The number of nitrogens with one attached hydrogen (secondary N) is 2. The molecule has 1 rings (SSSR count). The number of carbonyl (C=O) groups is 2. The summed E-state index contributed by atoms with van der Waals surface area (Å²) in [7, 11) is 0. The van der Waals surface area contributed by atoms with Gasteiger partial charge in [-0.25, -0.2) is 0 Å². The summed E-state index contributed by atoms with van der Waals surface area (Å²) in [6.45, 7) is 3.57. The molecule has 0 spiro atoms. The van der Waals surface area contributed by atoms with Gasteiger partial charge in [0.15, 0.2) is 0 Å². The van der Waals surface area contributed by atoms with E-state index in [9.17, 15) is 9.59 Å². The third-order valence-corrected chi connectivity index (χ3v) is 3.57. The van der Waals surface area contributed by atoms with Crippen LogP contribution in [0.5, 0.6) is 0 Å². The molecule has 0 fully saturated rings. The molecule has 0 aliphatic carbocycles. The van der Waals surface area contributed by atoms with Crippen LogP contribution in [0.4, 0.5) is 0 Å². The highest BCUT2D eigenvalue weighted by molar-refractivity contribution is 9.10. The second-order valence-electron chi connectivity index (χ2n) is 4.71. The van der Waals surface area contributed by atoms with E-state index in [0.717, 1.165) is 4.47 Å². The SMILES string of the molecule is C[C@@H](CO)[C@@H](C)NC(=O)CNC(=O)c1ccc(Br)cc1. The fourth-order valence-electron chi connectivity index (χ4n) is 1.47. The zero-order chi connectivity index (χ0) is 15.1. The number of aliphatic hydroxyl groups is 1. The maximum absolute atomic E-state index is 11.8. The van der Waals surface area contributed by atoms with Gasteiger partial charge in [0.25, 0.3) is 5.91 Å². The summed E-state index contributed by atoms with van der Waals surface area (Å²) in [5, 5.41) is 14.3. The Balaban J connectivity index is 2.41. The number of carbonyl (C=O) groups excluding carboxylic acids is 2. The molecule has 2 atom stereocenters. The van der Waals surface area contributed by atoms with Crippen LogP contribution < -0.4 is 10.6 Å². The van der Waals surface area contributed by atoms with Gasteiger partial charge in [0.2, 0.25) is 5.91 Å². The van der Waals surface area contributed by atoms with Crippen molar-refractivity contribution in [3.05, 3.63) is 34.3 Å². The van der Waals surface area contributed by atoms with E-state index in [1.54, 1.807) is 24.3 Å². The van der Waals surface area contributed by atoms with Crippen LogP contribution in [0.1, 0.15) is 24.2 Å². The summed E-state index contributed by atoms with van der Waals surface area (Å²) in [5.74, 6) is -0.597. The second kappa shape index (κ2) is 8.01. The fraction of sp³-hybridized carbons (Fsp3) is 0.429. The van der Waals surface area contributed by atoms with E-state index in [1.807, 2.05) is 13.8 Å². The molecule has 6 heteroatoms. The topological polar surface area (TPSA) is 78.4 Å². The molecule has 3 N–H and O–H groups in total. The summed E-state index contributed by atoms with van der Waals surface area (Å²) in [4.78, 5) is 23.4. The number of aliphatic hydroxyl groups excluding tert-OH is 1. The molecule has 0 unspecified atom stereocenters. The van der Waals surface area contributed by atoms with Gasteiger partial charge < -0.3 is 15.7 Å². The molecule has 110 valence electrons. The largest absolute Gasteiger partial charge is 0.396 e. The quantitative estimate of drug-likeness (QED) is 0.729. The number of halogens is 1. The van der Waals surface area contributed by atoms with Crippen LogP contribution in [0.25, 0.3) is 0 Å². The first-order valence-electron chi connectivity index (χ1n) is 6.38. The van der Waals surface area contributed by atoms with Crippen LogP contribution >= 0.6 is 15.9 Å². The fourth-order valence-corrected chi connectivity index (χ4v) is 1.73. The predicted molar refractivity (Wildman–Crippen MR) is 80.3 cm³/mol. The van der Waals surface area contributed by atoms with Crippen LogP contribution in [-0.2, 0) is 4.79 Å². The molecule has 2 amide bonds. The molecule has 0 saturated carbocycles. The van der Waals surface area contributed by atoms with Crippen molar-refractivity contribution in [3.63, 3.8) is 0 Å². The number of rotatable bonds is 6. The average Bonchev–Trinajstić information content (AvgIpc) is 2.44. The van der Waals surface area contributed by atoms with E-state index in [2.05, 4.69) is 26.6 Å². The molecule has 0 aliphatic rings. The van der Waals surface area contributed by atoms with E-state index in [-0.39, 0.29) is 36.9 Å². The molecule has 0 heterocycles. The number of benzene rings is 1. The van der Waals surface area contributed by atoms with Gasteiger partial charge in [-0.3, -0.25) is 9.59 Å². The Morgan fingerprint density at radius 2 is 1.85 bits per heavy atom. The smallest absolute Gasteiger partial charge is 0.251 e. The van der Waals surface area contributed by atoms with E-state index in [0.29, 0.717) is 5.56 Å². The highest BCUT2D eigenvalue weighted by Gasteiger charge is 2.14. The Hall–Kier alpha value is -1.40. The zero-order valence-electron chi connectivity index (χ0n) is 11.5. The Labute approximate surface area is 126 Å². The summed E-state index contributed by atoms with van der Waals surface area (Å²) >= 11 is 3.29. The van der Waals surface area contributed by atoms with Crippen molar-refractivity contribution < 1.29 is 14.7 Å². The Kier molecular flexibility index (Phi) is 6.67. The molecule has 1 aromatic carbocycles. The highest BCUT2D eigenvalue weighted by Crippen LogP contribution is 2.10. The molecular formula is C14H19BrN2O3. The lowest BCUT2D eigenvalue weighted by molar-refractivity contribution is -0.121. The van der Waals surface area contributed by atoms with Crippen molar-refractivity contribution >= 4 is 27.7 Å². The van der Waals surface area contributed by atoms with E-state index in [4.69, 9.17) is 5.11 Å². The van der Waals surface area contributed by atoms with Crippen molar-refractivity contribution in [1.29, 1.82) is 0 Å². The molecule has 20 heavy (non-hydrogen) atoms. The van der Waals surface area contributed by atoms with Crippen molar-refractivity contribution in [2.45, 2.75) is 19.9 Å². The first-order chi connectivity index (χ1) is 9.43. The van der Waals surface area contributed by atoms with E-state index < -0.39 is 0 Å². The Morgan fingerprint density at radius 3 is 2.40 bits per heavy atom. The first kappa shape index (κ1) is 16.7. The minimum Gasteiger partial charge on any atom is -0.396 e. The van der Waals surface area contributed by atoms with E-state index in [1.165, 1.54) is 0 Å². The molecule has 0 bridgehead atoms. The van der Waals surface area contributed by atoms with Crippen LogP contribution in [0.2, 0.25) is 0 Å². The van der Waals surface area contributed by atoms with Gasteiger partial charge in [0.1, 0.15) is 0 Å². The van der Waals surface area contributed by atoms with Gasteiger partial charge in [0, 0.05) is 22.7 Å². The van der Waals surface area contributed by atoms with Crippen molar-refractivity contribution in [2.24, 2.45) is 5.92 Å². The van der Waals surface area contributed by atoms with Gasteiger partial charge >= 0.3 is 0 Å². The Bertz CT molecular complexity index is 462. The third-order valence-electron chi connectivity index (χ3n) is 3.05. The lowest BCUT2D eigenvalue weighted by Crippen LogP contribution is -2.43. The number of amides is 2. The van der Waals surface area contributed by atoms with Crippen molar-refractivity contribution in [1.82, 2.24) is 10.6 Å². The monoisotopic (exact) mass is 342 g/mol. The molecular weight excluding hydrogens is 324 g/mol. The molecule has 1 aromatic rings. The maximum Gasteiger partial charge on any atom is 0.251 e. The van der Waals surface area contributed by atoms with Gasteiger partial charge in [-0.2, -0.15) is 0 Å². The summed E-state index contributed by atoms with van der Waals surface area (Å²) < 4.78 is 0.888. The Morgan fingerprint density at radius 1 is 1.25 bits per heavy atom. The minimum atomic E-state index is -0.296. The second-order valence-corrected chi connectivity index (χ2v) is 5.62. The molecule has 0 aromatic heterocycles. The van der Waals surface area contributed by atoms with Crippen molar-refractivity contribution in [2.75, 3.05) is 13.2 Å². The normalized spacial score (nSPS) is 13.4. The molecule has 5 nitrogen and oxygen atoms in total. The third kappa shape index (κ3) is 5.30. The first-order valence-corrected chi connectivity index (χ1v) is 7.17. The number of hydrogen-bond acceptors (Lipinski definition) is 3. The van der Waals surface area contributed by atoms with Gasteiger partial charge in [0.05, 0.1) is 6.54 Å². The zero-order valence-corrected chi connectivity index (χ0v) is 13.1. The van der Waals surface area contributed by atoms with Crippen LogP contribution in [0.3, 0.4) is 0 Å². The molecule has 0 aliphatic heterocycles. The molecule has 0 radical (unpaired) electrons. The van der Waals surface area contributed by atoms with Crippen molar-refractivity contribution in [3.8, 4) is 0 Å². The van der Waals surface area contributed by atoms with E-state index >= 15 is 0 Å². The van der Waals surface area contributed by atoms with Gasteiger partial charge in [-0.05, 0) is 37.1 Å². The summed E-state index contributed by atoms with van der Waals surface area (Å²) in [6.07, 6.45) is 0. The molecule has 0 saturated heterocycles. The van der Waals surface area contributed by atoms with Gasteiger partial charge in [-0.15, -0.1) is 0 Å². The maximum atomic E-state index is 11.8. The number of hydrogen-bond donors (Lipinski definition) is 3. The lowest BCUT2D eigenvalue weighted by atomic mass is 10.1. The standard InChI is InChI=1S/C14H19BrN2O3/c1-9(8-18)10(2)17-13(19)7-16-14(20)11-3-5-12(15)6-4-11/h3-6,9-10,18H,7-8H2,1-2H3,(H,16,20)(H,17,19)/t9-,10+/m0/s1. The summed E-state index contributed by atoms with van der Waals surface area (Å²) in [5.41, 5.74) is 0.498. The van der Waals surface area contributed by atoms with Crippen LogP contribution in [0.15, 0.2) is 28.7 Å².